The van der Waals surface area contributed by atoms with Gasteiger partial charge < -0.3 is 0 Å². The maximum Gasteiger partial charge on any atom is 0.145 e. The molecule has 6 aromatic rings. The van der Waals surface area contributed by atoms with Crippen molar-refractivity contribution < 1.29 is 0 Å². The Balaban J connectivity index is 1.45. The molecule has 0 N–H and O–H groups in total. The fraction of sp³-hybridized carbons (Fsp3) is 0.250. The van der Waals surface area contributed by atoms with Crippen molar-refractivity contribution in [3.63, 3.8) is 0 Å². The molecule has 0 spiro atoms. The lowest BCUT2D eigenvalue weighted by Gasteiger charge is -2.21. The molecule has 0 saturated heterocycles. The summed E-state index contributed by atoms with van der Waals surface area (Å²) in [5.41, 5.74) is 17.3. The van der Waals surface area contributed by atoms with Gasteiger partial charge in [-0.05, 0) is 116 Å². The third-order valence-corrected chi connectivity index (χ3v) is 9.33. The van der Waals surface area contributed by atoms with Crippen molar-refractivity contribution in [3.05, 3.63) is 143 Å². The first kappa shape index (κ1) is 31.3. The molecule has 0 aliphatic carbocycles. The predicted octanol–water partition coefficient (Wildman–Crippen LogP) is 12.2. The summed E-state index contributed by atoms with van der Waals surface area (Å²) in [6, 6.07) is 38.0. The van der Waals surface area contributed by atoms with Crippen LogP contribution in [0.25, 0.3) is 50.6 Å². The van der Waals surface area contributed by atoms with Crippen molar-refractivity contribution >= 4 is 0 Å². The van der Waals surface area contributed by atoms with Gasteiger partial charge in [-0.2, -0.15) is 0 Å². The van der Waals surface area contributed by atoms with Crippen LogP contribution in [0.4, 0.5) is 0 Å². The van der Waals surface area contributed by atoms with Gasteiger partial charge in [-0.15, -0.1) is 0 Å². The van der Waals surface area contributed by atoms with Crippen molar-refractivity contribution in [3.8, 4) is 50.6 Å². The third kappa shape index (κ3) is 6.49. The van der Waals surface area contributed by atoms with Gasteiger partial charge in [-0.25, -0.2) is 4.98 Å². The zero-order valence-corrected chi connectivity index (χ0v) is 28.3. The highest BCUT2D eigenvalue weighted by molar-refractivity contribution is 5.78. The summed E-state index contributed by atoms with van der Waals surface area (Å²) in [4.78, 5) is 5.14. The average Bonchev–Trinajstić information content (AvgIpc) is 3.47. The molecule has 0 aliphatic heterocycles. The Bertz CT molecular complexity index is 1910. The summed E-state index contributed by atoms with van der Waals surface area (Å²) >= 11 is 0. The summed E-state index contributed by atoms with van der Waals surface area (Å²) in [5, 5.41) is 0. The van der Waals surface area contributed by atoms with Crippen LogP contribution in [-0.2, 0) is 6.42 Å². The zero-order chi connectivity index (χ0) is 32.2. The van der Waals surface area contributed by atoms with E-state index in [9.17, 15) is 0 Å². The number of benzene rings is 5. The molecule has 0 bridgehead atoms. The van der Waals surface area contributed by atoms with E-state index in [1.54, 1.807) is 0 Å². The lowest BCUT2D eigenvalue weighted by molar-refractivity contribution is 0.667. The van der Waals surface area contributed by atoms with Crippen LogP contribution in [0.2, 0.25) is 0 Å². The van der Waals surface area contributed by atoms with E-state index < -0.39 is 0 Å². The van der Waals surface area contributed by atoms with Crippen LogP contribution in [0.1, 0.15) is 66.0 Å². The van der Waals surface area contributed by atoms with Crippen molar-refractivity contribution in [1.29, 1.82) is 0 Å². The number of unbranched alkanes of at least 4 members (excludes halogenated alkanes) is 3. The predicted molar refractivity (Wildman–Crippen MR) is 197 cm³/mol. The van der Waals surface area contributed by atoms with Crippen molar-refractivity contribution in [2.24, 2.45) is 0 Å². The summed E-state index contributed by atoms with van der Waals surface area (Å²) in [6.45, 7) is 13.3. The van der Waals surface area contributed by atoms with E-state index in [1.165, 1.54) is 92.6 Å². The molecule has 0 fully saturated rings. The molecule has 0 saturated carbocycles. The minimum absolute atomic E-state index is 0.956. The molecule has 5 aromatic carbocycles. The minimum Gasteiger partial charge on any atom is -0.292 e. The van der Waals surface area contributed by atoms with Gasteiger partial charge in [0.1, 0.15) is 5.82 Å². The quantitative estimate of drug-likeness (QED) is 0.143. The smallest absolute Gasteiger partial charge is 0.145 e. The first-order valence-corrected chi connectivity index (χ1v) is 16.9. The highest BCUT2D eigenvalue weighted by Gasteiger charge is 2.21. The number of aryl methyl sites for hydroxylation is 6. The Morgan fingerprint density at radius 1 is 0.543 bits per heavy atom. The second kappa shape index (κ2) is 13.7. The first-order chi connectivity index (χ1) is 22.3. The first-order valence-electron chi connectivity index (χ1n) is 16.9. The highest BCUT2D eigenvalue weighted by atomic mass is 15.1. The van der Waals surface area contributed by atoms with E-state index in [1.807, 2.05) is 0 Å². The van der Waals surface area contributed by atoms with Gasteiger partial charge in [-0.1, -0.05) is 117 Å². The van der Waals surface area contributed by atoms with E-state index in [2.05, 4.69) is 155 Å². The fourth-order valence-corrected chi connectivity index (χ4v) is 6.86. The number of rotatable bonds is 10. The Hall–Kier alpha value is -4.69. The Morgan fingerprint density at radius 3 is 1.83 bits per heavy atom. The van der Waals surface area contributed by atoms with Gasteiger partial charge in [0, 0.05) is 11.1 Å². The highest BCUT2D eigenvalue weighted by Crippen LogP contribution is 2.38. The maximum absolute atomic E-state index is 5.14. The van der Waals surface area contributed by atoms with Gasteiger partial charge in [0.15, 0.2) is 0 Å². The van der Waals surface area contributed by atoms with Gasteiger partial charge in [0.25, 0.3) is 0 Å². The molecule has 0 amide bonds. The molecule has 0 unspecified atom stereocenters. The monoisotopic (exact) mass is 602 g/mol. The molecule has 0 atom stereocenters. The van der Waals surface area contributed by atoms with Crippen molar-refractivity contribution in [2.75, 3.05) is 0 Å². The Labute approximate surface area is 275 Å². The normalized spacial score (nSPS) is 11.3. The van der Waals surface area contributed by atoms with Crippen LogP contribution < -0.4 is 0 Å². The minimum atomic E-state index is 0.956. The SMILES string of the molecule is CCCCCCc1ccc(-c2cc(C)c(-n3c(-c4c(C)cccc4C)cnc3-c3cccc(-c4ccc(C)cc4)c3)c(C)c2)cc1. The summed E-state index contributed by atoms with van der Waals surface area (Å²) in [5.74, 6) is 0.956. The second-order valence-corrected chi connectivity index (χ2v) is 13.0. The van der Waals surface area contributed by atoms with E-state index in [-0.39, 0.29) is 0 Å². The molecule has 0 radical (unpaired) electrons. The van der Waals surface area contributed by atoms with Crippen LogP contribution in [0.15, 0.2) is 109 Å². The van der Waals surface area contributed by atoms with Crippen molar-refractivity contribution in [2.45, 2.75) is 73.6 Å². The molecule has 2 nitrogen and oxygen atoms in total. The van der Waals surface area contributed by atoms with Crippen LogP contribution in [0.5, 0.6) is 0 Å². The number of hydrogen-bond acceptors (Lipinski definition) is 1. The Kier molecular flexibility index (Phi) is 9.35. The molecule has 1 heterocycles. The van der Waals surface area contributed by atoms with Gasteiger partial charge >= 0.3 is 0 Å². The third-order valence-electron chi connectivity index (χ3n) is 9.33. The van der Waals surface area contributed by atoms with Crippen molar-refractivity contribution in [1.82, 2.24) is 9.55 Å². The molecule has 232 valence electrons. The fourth-order valence-electron chi connectivity index (χ4n) is 6.86. The van der Waals surface area contributed by atoms with Gasteiger partial charge in [-0.3, -0.25) is 4.57 Å². The number of hydrogen-bond donors (Lipinski definition) is 0. The van der Waals surface area contributed by atoms with E-state index in [0.717, 1.165) is 23.5 Å². The van der Waals surface area contributed by atoms with E-state index in [0.29, 0.717) is 0 Å². The van der Waals surface area contributed by atoms with Gasteiger partial charge in [0.2, 0.25) is 0 Å². The lowest BCUT2D eigenvalue weighted by atomic mass is 9.96. The van der Waals surface area contributed by atoms with Crippen LogP contribution in [0, 0.1) is 34.6 Å². The largest absolute Gasteiger partial charge is 0.292 e. The molecule has 1 aromatic heterocycles. The average molecular weight is 603 g/mol. The lowest BCUT2D eigenvalue weighted by Crippen LogP contribution is -2.06. The molecule has 46 heavy (non-hydrogen) atoms. The molecular weight excluding hydrogens is 556 g/mol. The number of nitrogens with zero attached hydrogens (tertiary/aromatic N) is 2. The zero-order valence-electron chi connectivity index (χ0n) is 28.3. The summed E-state index contributed by atoms with van der Waals surface area (Å²) in [6.07, 6.45) is 8.41. The Morgan fingerprint density at radius 2 is 1.15 bits per heavy atom. The van der Waals surface area contributed by atoms with Gasteiger partial charge in [0.05, 0.1) is 17.6 Å². The second-order valence-electron chi connectivity index (χ2n) is 13.0. The van der Waals surface area contributed by atoms with Crippen LogP contribution in [0.3, 0.4) is 0 Å². The molecule has 0 aliphatic rings. The standard InChI is InChI=1S/C44H46N2/c1-7-8-9-10-15-35-20-24-37(25-21-35)40-26-33(5)43(34(6)27-40)46-41(42-31(3)13-11-14-32(42)4)29-45-44(46)39-17-12-16-38(28-39)36-22-18-30(2)19-23-36/h11-14,16-29H,7-10,15H2,1-6H3. The number of imidazole rings is 1. The van der Waals surface area contributed by atoms with Crippen LogP contribution >= 0.6 is 0 Å². The van der Waals surface area contributed by atoms with E-state index in [4.69, 9.17) is 4.98 Å². The van der Waals surface area contributed by atoms with E-state index >= 15 is 0 Å². The van der Waals surface area contributed by atoms with Crippen LogP contribution in [-0.4, -0.2) is 9.55 Å². The molecule has 2 heteroatoms. The topological polar surface area (TPSA) is 17.8 Å². The maximum atomic E-state index is 5.14. The molecule has 6 rings (SSSR count). The number of aromatic nitrogens is 2. The molecular formula is C44H46N2. The summed E-state index contributed by atoms with van der Waals surface area (Å²) in [7, 11) is 0. The summed E-state index contributed by atoms with van der Waals surface area (Å²) < 4.78 is 2.40.